The molecule has 1 aliphatic heterocycles. The van der Waals surface area contributed by atoms with Gasteiger partial charge in [0.1, 0.15) is 0 Å². The number of carbonyl (C=O) groups excluding carboxylic acids is 1. The molecule has 0 spiro atoms. The summed E-state index contributed by atoms with van der Waals surface area (Å²) in [6.07, 6.45) is 0.623. The minimum Gasteiger partial charge on any atom is -0.325 e. The van der Waals surface area contributed by atoms with Crippen LogP contribution in [0.1, 0.15) is 11.1 Å². The van der Waals surface area contributed by atoms with E-state index in [0.717, 1.165) is 16.8 Å². The fraction of sp³-hybridized carbons (Fsp3) is 0.200. The summed E-state index contributed by atoms with van der Waals surface area (Å²) in [6, 6.07) is 5.52. The zero-order valence-corrected chi connectivity index (χ0v) is 8.06. The van der Waals surface area contributed by atoms with Crippen LogP contribution in [0.2, 0.25) is 5.02 Å². The molecule has 1 aromatic carbocycles. The molecule has 70 valence electrons. The fourth-order valence-corrected chi connectivity index (χ4v) is 1.87. The van der Waals surface area contributed by atoms with E-state index in [2.05, 4.69) is 5.32 Å². The summed E-state index contributed by atoms with van der Waals surface area (Å²) in [5, 5.41) is 11.9. The van der Waals surface area contributed by atoms with E-state index in [1.54, 1.807) is 12.1 Å². The van der Waals surface area contributed by atoms with Gasteiger partial charge in [-0.1, -0.05) is 11.6 Å². The lowest BCUT2D eigenvalue weighted by molar-refractivity contribution is -0.115. The summed E-state index contributed by atoms with van der Waals surface area (Å²) < 4.78 is 0. The normalized spacial score (nSPS) is 13.3. The molecule has 0 atom stereocenters. The Morgan fingerprint density at radius 1 is 1.57 bits per heavy atom. The van der Waals surface area contributed by atoms with Gasteiger partial charge in [-0.3, -0.25) is 4.79 Å². The topological polar surface area (TPSA) is 52.9 Å². The van der Waals surface area contributed by atoms with Gasteiger partial charge in [0.15, 0.2) is 0 Å². The van der Waals surface area contributed by atoms with Crippen molar-refractivity contribution in [3.8, 4) is 6.07 Å². The molecule has 0 radical (unpaired) electrons. The van der Waals surface area contributed by atoms with E-state index >= 15 is 0 Å². The summed E-state index contributed by atoms with van der Waals surface area (Å²) in [6.45, 7) is 0. The molecule has 0 saturated carbocycles. The second-order valence-electron chi connectivity index (χ2n) is 3.16. The van der Waals surface area contributed by atoms with Gasteiger partial charge in [0.2, 0.25) is 5.91 Å². The molecule has 1 amide bonds. The highest BCUT2D eigenvalue weighted by atomic mass is 35.5. The Labute approximate surface area is 86.3 Å². The summed E-state index contributed by atoms with van der Waals surface area (Å²) in [7, 11) is 0. The average molecular weight is 207 g/mol. The largest absolute Gasteiger partial charge is 0.325 e. The van der Waals surface area contributed by atoms with Crippen LogP contribution >= 0.6 is 11.6 Å². The van der Waals surface area contributed by atoms with Crippen LogP contribution in [0.4, 0.5) is 5.69 Å². The second kappa shape index (κ2) is 3.32. The van der Waals surface area contributed by atoms with Gasteiger partial charge >= 0.3 is 0 Å². The highest BCUT2D eigenvalue weighted by Crippen LogP contribution is 2.30. The minimum absolute atomic E-state index is 0.0403. The van der Waals surface area contributed by atoms with Crippen molar-refractivity contribution in [3.05, 3.63) is 28.3 Å². The van der Waals surface area contributed by atoms with Crippen LogP contribution in [0.15, 0.2) is 12.1 Å². The van der Waals surface area contributed by atoms with Crippen molar-refractivity contribution >= 4 is 23.2 Å². The maximum absolute atomic E-state index is 11.1. The molecular weight excluding hydrogens is 200 g/mol. The lowest BCUT2D eigenvalue weighted by Gasteiger charge is -2.05. The Morgan fingerprint density at radius 2 is 2.36 bits per heavy atom. The summed E-state index contributed by atoms with van der Waals surface area (Å²) in [4.78, 5) is 11.1. The number of carbonyl (C=O) groups is 1. The van der Waals surface area contributed by atoms with Gasteiger partial charge in [0.25, 0.3) is 0 Å². The van der Waals surface area contributed by atoms with E-state index in [4.69, 9.17) is 16.9 Å². The van der Waals surface area contributed by atoms with Crippen molar-refractivity contribution in [2.75, 3.05) is 5.32 Å². The molecule has 1 aliphatic rings. The number of hydrogen-bond acceptors (Lipinski definition) is 2. The minimum atomic E-state index is -0.0403. The molecule has 0 bridgehead atoms. The van der Waals surface area contributed by atoms with Crippen LogP contribution in [-0.2, 0) is 17.6 Å². The van der Waals surface area contributed by atoms with Gasteiger partial charge in [-0.15, -0.1) is 0 Å². The number of halogens is 1. The molecule has 2 rings (SSSR count). The molecule has 0 aromatic heterocycles. The van der Waals surface area contributed by atoms with E-state index in [1.807, 2.05) is 6.07 Å². The molecule has 1 heterocycles. The SMILES string of the molecule is N#CCc1cc(Cl)cc2c1NC(=O)C2. The molecule has 0 saturated heterocycles. The molecule has 14 heavy (non-hydrogen) atoms. The Hall–Kier alpha value is -1.53. The van der Waals surface area contributed by atoms with Crippen molar-refractivity contribution in [3.63, 3.8) is 0 Å². The molecule has 0 aliphatic carbocycles. The lowest BCUT2D eigenvalue weighted by atomic mass is 10.1. The Kier molecular flexibility index (Phi) is 2.14. The zero-order chi connectivity index (χ0) is 10.1. The van der Waals surface area contributed by atoms with Gasteiger partial charge < -0.3 is 5.32 Å². The molecular formula is C10H7ClN2O. The van der Waals surface area contributed by atoms with Crippen LogP contribution < -0.4 is 5.32 Å². The van der Waals surface area contributed by atoms with Crippen molar-refractivity contribution in [1.82, 2.24) is 0 Å². The first-order chi connectivity index (χ1) is 6.70. The number of anilines is 1. The maximum Gasteiger partial charge on any atom is 0.228 e. The van der Waals surface area contributed by atoms with E-state index in [-0.39, 0.29) is 12.3 Å². The van der Waals surface area contributed by atoms with Gasteiger partial charge in [-0.2, -0.15) is 5.26 Å². The number of nitrogens with one attached hydrogen (secondary N) is 1. The number of hydrogen-bond donors (Lipinski definition) is 1. The Bertz CT molecular complexity index is 448. The first-order valence-corrected chi connectivity index (χ1v) is 4.56. The first kappa shape index (κ1) is 9.04. The van der Waals surface area contributed by atoms with Crippen LogP contribution in [0.5, 0.6) is 0 Å². The van der Waals surface area contributed by atoms with Gasteiger partial charge in [-0.25, -0.2) is 0 Å². The number of fused-ring (bicyclic) bond motifs is 1. The smallest absolute Gasteiger partial charge is 0.228 e. The van der Waals surface area contributed by atoms with Crippen LogP contribution in [0.25, 0.3) is 0 Å². The van der Waals surface area contributed by atoms with E-state index in [9.17, 15) is 4.79 Å². The second-order valence-corrected chi connectivity index (χ2v) is 3.60. The Morgan fingerprint density at radius 3 is 3.07 bits per heavy atom. The summed E-state index contributed by atoms with van der Waals surface area (Å²) in [5.41, 5.74) is 2.44. The highest BCUT2D eigenvalue weighted by molar-refractivity contribution is 6.31. The summed E-state index contributed by atoms with van der Waals surface area (Å²) >= 11 is 5.86. The van der Waals surface area contributed by atoms with Gasteiger partial charge in [0, 0.05) is 10.7 Å². The third-order valence-corrected chi connectivity index (χ3v) is 2.37. The van der Waals surface area contributed by atoms with Crippen LogP contribution in [0, 0.1) is 11.3 Å². The lowest BCUT2D eigenvalue weighted by Crippen LogP contribution is -2.04. The van der Waals surface area contributed by atoms with Crippen molar-refractivity contribution in [1.29, 1.82) is 5.26 Å². The van der Waals surface area contributed by atoms with Gasteiger partial charge in [-0.05, 0) is 23.3 Å². The van der Waals surface area contributed by atoms with Crippen molar-refractivity contribution in [2.45, 2.75) is 12.8 Å². The third kappa shape index (κ3) is 1.45. The fourth-order valence-electron chi connectivity index (χ4n) is 1.61. The standard InChI is InChI=1S/C10H7ClN2O/c11-8-3-6(1-2-12)10-7(4-8)5-9(14)13-10/h3-4H,1,5H2,(H,13,14). The molecule has 1 N–H and O–H groups in total. The van der Waals surface area contributed by atoms with Crippen molar-refractivity contribution in [2.24, 2.45) is 0 Å². The summed E-state index contributed by atoms with van der Waals surface area (Å²) in [5.74, 6) is -0.0403. The third-order valence-electron chi connectivity index (χ3n) is 2.15. The maximum atomic E-state index is 11.1. The monoisotopic (exact) mass is 206 g/mol. The molecule has 0 fully saturated rings. The predicted molar refractivity (Wildman–Crippen MR) is 53.1 cm³/mol. The number of amides is 1. The van der Waals surface area contributed by atoms with E-state index in [1.165, 1.54) is 0 Å². The Balaban J connectivity index is 2.52. The molecule has 0 unspecified atom stereocenters. The molecule has 4 heteroatoms. The van der Waals surface area contributed by atoms with E-state index in [0.29, 0.717) is 11.4 Å². The number of nitriles is 1. The molecule has 3 nitrogen and oxygen atoms in total. The number of rotatable bonds is 1. The van der Waals surface area contributed by atoms with Crippen LogP contribution in [0.3, 0.4) is 0 Å². The molecule has 1 aromatic rings. The highest BCUT2D eigenvalue weighted by Gasteiger charge is 2.20. The van der Waals surface area contributed by atoms with Crippen LogP contribution in [-0.4, -0.2) is 5.91 Å². The predicted octanol–water partition coefficient (Wildman–Crippen LogP) is 1.90. The van der Waals surface area contributed by atoms with Gasteiger partial charge in [0.05, 0.1) is 18.9 Å². The quantitative estimate of drug-likeness (QED) is 0.763. The number of benzene rings is 1. The number of nitrogens with zero attached hydrogens (tertiary/aromatic N) is 1. The first-order valence-electron chi connectivity index (χ1n) is 4.19. The van der Waals surface area contributed by atoms with Crippen molar-refractivity contribution < 1.29 is 4.79 Å². The zero-order valence-electron chi connectivity index (χ0n) is 7.30. The average Bonchev–Trinajstić information content (AvgIpc) is 2.45. The van der Waals surface area contributed by atoms with E-state index < -0.39 is 0 Å².